The van der Waals surface area contributed by atoms with E-state index in [1.54, 1.807) is 31.2 Å². The molecule has 0 amide bonds. The summed E-state index contributed by atoms with van der Waals surface area (Å²) in [7, 11) is 0. The van der Waals surface area contributed by atoms with Crippen LogP contribution in [0.3, 0.4) is 0 Å². The summed E-state index contributed by atoms with van der Waals surface area (Å²) >= 11 is 3.22. The van der Waals surface area contributed by atoms with Crippen LogP contribution in [0.4, 0.5) is 0 Å². The van der Waals surface area contributed by atoms with E-state index in [2.05, 4.69) is 15.9 Å². The minimum Gasteiger partial charge on any atom is -0.465 e. The fourth-order valence-electron chi connectivity index (χ4n) is 1.74. The molecule has 0 saturated carbocycles. The number of carbonyl (C=O) groups is 2. The summed E-state index contributed by atoms with van der Waals surface area (Å²) in [5, 5.41) is 0. The molecule has 0 aliphatic carbocycles. The third kappa shape index (κ3) is 2.20. The van der Waals surface area contributed by atoms with Crippen molar-refractivity contribution in [2.75, 3.05) is 6.61 Å². The highest BCUT2D eigenvalue weighted by Crippen LogP contribution is 2.36. The molecular formula is C12H11BrO4. The second kappa shape index (κ2) is 4.87. The predicted molar refractivity (Wildman–Crippen MR) is 63.9 cm³/mol. The van der Waals surface area contributed by atoms with Crippen LogP contribution in [-0.4, -0.2) is 23.4 Å². The number of benzene rings is 1. The molecule has 0 fully saturated rings. The Morgan fingerprint density at radius 2 is 2.24 bits per heavy atom. The van der Waals surface area contributed by atoms with Crippen molar-refractivity contribution in [1.82, 2.24) is 0 Å². The van der Waals surface area contributed by atoms with Crippen LogP contribution in [0.5, 0.6) is 0 Å². The fourth-order valence-corrected chi connectivity index (χ4v) is 2.26. The van der Waals surface area contributed by atoms with E-state index in [0.717, 1.165) is 0 Å². The zero-order chi connectivity index (χ0) is 12.4. The van der Waals surface area contributed by atoms with Gasteiger partial charge in [-0.1, -0.05) is 34.1 Å². The number of hydrogen-bond donors (Lipinski definition) is 0. The lowest BCUT2D eigenvalue weighted by Crippen LogP contribution is -2.24. The van der Waals surface area contributed by atoms with Gasteiger partial charge in [0.25, 0.3) is 0 Å². The molecule has 1 heterocycles. The zero-order valence-corrected chi connectivity index (χ0v) is 10.8. The first-order valence-electron chi connectivity index (χ1n) is 5.25. The van der Waals surface area contributed by atoms with E-state index >= 15 is 0 Å². The van der Waals surface area contributed by atoms with Gasteiger partial charge in [-0.2, -0.15) is 0 Å². The molecule has 0 N–H and O–H groups in total. The summed E-state index contributed by atoms with van der Waals surface area (Å²) in [4.78, 5) is 22.5. The maximum Gasteiger partial charge on any atom is 0.339 e. The van der Waals surface area contributed by atoms with Gasteiger partial charge < -0.3 is 9.47 Å². The second-order valence-electron chi connectivity index (χ2n) is 3.57. The minimum absolute atomic E-state index is 0.295. The first-order chi connectivity index (χ1) is 8.15. The van der Waals surface area contributed by atoms with Crippen molar-refractivity contribution >= 4 is 27.9 Å². The van der Waals surface area contributed by atoms with Crippen LogP contribution in [0.2, 0.25) is 0 Å². The molecule has 1 aromatic carbocycles. The van der Waals surface area contributed by atoms with Gasteiger partial charge in [0.05, 0.1) is 12.2 Å². The highest BCUT2D eigenvalue weighted by atomic mass is 79.9. The maximum absolute atomic E-state index is 11.6. The molecular weight excluding hydrogens is 288 g/mol. The molecule has 0 saturated heterocycles. The van der Waals surface area contributed by atoms with E-state index in [9.17, 15) is 9.59 Å². The second-order valence-corrected chi connectivity index (χ2v) is 4.55. The fraction of sp³-hybridized carbons (Fsp3) is 0.333. The Morgan fingerprint density at radius 3 is 2.94 bits per heavy atom. The van der Waals surface area contributed by atoms with Gasteiger partial charge in [0, 0.05) is 5.56 Å². The molecule has 5 heteroatoms. The third-order valence-electron chi connectivity index (χ3n) is 2.50. The van der Waals surface area contributed by atoms with Crippen molar-refractivity contribution in [2.45, 2.75) is 17.9 Å². The molecule has 4 nitrogen and oxygen atoms in total. The molecule has 90 valence electrons. The normalized spacial score (nSPS) is 19.4. The molecule has 2 rings (SSSR count). The van der Waals surface area contributed by atoms with Crippen LogP contribution in [0.25, 0.3) is 0 Å². The zero-order valence-electron chi connectivity index (χ0n) is 9.18. The lowest BCUT2D eigenvalue weighted by molar-refractivity contribution is -0.144. The molecule has 17 heavy (non-hydrogen) atoms. The third-order valence-corrected chi connectivity index (χ3v) is 3.35. The largest absolute Gasteiger partial charge is 0.465 e. The van der Waals surface area contributed by atoms with Crippen LogP contribution in [0, 0.1) is 0 Å². The van der Waals surface area contributed by atoms with E-state index in [1.165, 1.54) is 0 Å². The van der Waals surface area contributed by atoms with Crippen LogP contribution < -0.4 is 0 Å². The smallest absolute Gasteiger partial charge is 0.339 e. The van der Waals surface area contributed by atoms with E-state index in [4.69, 9.17) is 9.47 Å². The van der Waals surface area contributed by atoms with Crippen molar-refractivity contribution in [2.24, 2.45) is 0 Å². The Bertz CT molecular complexity index is 458. The molecule has 0 bridgehead atoms. The van der Waals surface area contributed by atoms with Crippen molar-refractivity contribution < 1.29 is 19.1 Å². The van der Waals surface area contributed by atoms with E-state index in [-0.39, 0.29) is 0 Å². The van der Waals surface area contributed by atoms with Gasteiger partial charge in [0.1, 0.15) is 0 Å². The van der Waals surface area contributed by atoms with Gasteiger partial charge in [0.15, 0.2) is 10.9 Å². The maximum atomic E-state index is 11.6. The summed E-state index contributed by atoms with van der Waals surface area (Å²) in [6.07, 6.45) is -0.613. The Balaban J connectivity index is 2.25. The number of esters is 2. The number of carbonyl (C=O) groups excluding carboxylic acids is 2. The summed E-state index contributed by atoms with van der Waals surface area (Å²) in [6, 6.07) is 7.02. The Morgan fingerprint density at radius 1 is 1.53 bits per heavy atom. The number of rotatable bonds is 3. The minimum atomic E-state index is -0.671. The number of hydrogen-bond acceptors (Lipinski definition) is 4. The van der Waals surface area contributed by atoms with Crippen molar-refractivity contribution in [1.29, 1.82) is 0 Å². The number of alkyl halides is 1. The van der Waals surface area contributed by atoms with Crippen LogP contribution in [0.1, 0.15) is 28.9 Å². The topological polar surface area (TPSA) is 52.6 Å². The van der Waals surface area contributed by atoms with Crippen molar-refractivity contribution in [3.05, 3.63) is 35.4 Å². The van der Waals surface area contributed by atoms with Gasteiger partial charge in [-0.25, -0.2) is 4.79 Å². The van der Waals surface area contributed by atoms with Gasteiger partial charge in [-0.3, -0.25) is 4.79 Å². The lowest BCUT2D eigenvalue weighted by Gasteiger charge is -2.15. The molecule has 0 spiro atoms. The Labute approximate surface area is 107 Å². The monoisotopic (exact) mass is 298 g/mol. The van der Waals surface area contributed by atoms with Gasteiger partial charge in [-0.05, 0) is 13.0 Å². The standard InChI is InChI=1S/C12H11BrO4/c1-2-16-12(15)9(13)10-7-5-3-4-6-8(7)11(14)17-10/h3-6,9-10H,2H2,1H3/t9-,10-/m1/s1. The molecule has 0 unspecified atom stereocenters. The molecule has 0 radical (unpaired) electrons. The average Bonchev–Trinajstić information content (AvgIpc) is 2.67. The molecule has 1 aliphatic heterocycles. The number of cyclic esters (lactones) is 1. The summed E-state index contributed by atoms with van der Waals surface area (Å²) in [5.74, 6) is -0.832. The Kier molecular flexibility index (Phi) is 3.47. The average molecular weight is 299 g/mol. The van der Waals surface area contributed by atoms with Crippen LogP contribution in [-0.2, 0) is 14.3 Å². The van der Waals surface area contributed by atoms with E-state index in [1.807, 2.05) is 0 Å². The summed E-state index contributed by atoms with van der Waals surface area (Å²) in [6.45, 7) is 2.02. The van der Waals surface area contributed by atoms with E-state index in [0.29, 0.717) is 17.7 Å². The molecule has 0 aromatic heterocycles. The van der Waals surface area contributed by atoms with Crippen molar-refractivity contribution in [3.8, 4) is 0 Å². The number of halogens is 1. The molecule has 2 atom stereocenters. The predicted octanol–water partition coefficient (Wildman–Crippen LogP) is 2.22. The van der Waals surface area contributed by atoms with E-state index < -0.39 is 22.9 Å². The summed E-state index contributed by atoms with van der Waals surface area (Å²) < 4.78 is 10.1. The lowest BCUT2D eigenvalue weighted by atomic mass is 10.0. The van der Waals surface area contributed by atoms with Crippen molar-refractivity contribution in [3.63, 3.8) is 0 Å². The SMILES string of the molecule is CCOC(=O)[C@H](Br)[C@@H]1OC(=O)c2ccccc21. The highest BCUT2D eigenvalue weighted by Gasteiger charge is 2.39. The van der Waals surface area contributed by atoms with Gasteiger partial charge in [-0.15, -0.1) is 0 Å². The Hall–Kier alpha value is -1.36. The van der Waals surface area contributed by atoms with Crippen LogP contribution in [0.15, 0.2) is 24.3 Å². The first kappa shape index (κ1) is 12.1. The summed E-state index contributed by atoms with van der Waals surface area (Å²) in [5.41, 5.74) is 1.22. The van der Waals surface area contributed by atoms with Crippen LogP contribution >= 0.6 is 15.9 Å². The molecule has 1 aliphatic rings. The quantitative estimate of drug-likeness (QED) is 0.634. The molecule has 1 aromatic rings. The highest BCUT2D eigenvalue weighted by molar-refractivity contribution is 9.10. The number of fused-ring (bicyclic) bond motifs is 1. The van der Waals surface area contributed by atoms with Gasteiger partial charge >= 0.3 is 11.9 Å². The first-order valence-corrected chi connectivity index (χ1v) is 6.17. The van der Waals surface area contributed by atoms with Gasteiger partial charge in [0.2, 0.25) is 0 Å². The number of ether oxygens (including phenoxy) is 2.